The molecule has 11 aliphatic rings. The lowest BCUT2D eigenvalue weighted by Gasteiger charge is -2.55. The number of rotatable bonds is 5. The second kappa shape index (κ2) is 14.0. The molecule has 10 aliphatic carbocycles. The Bertz CT molecular complexity index is 1910. The monoisotopic (exact) mass is 715 g/mol. The Kier molecular flexibility index (Phi) is 8.79. The molecule has 0 aromatic rings. The Labute approximate surface area is 325 Å². The van der Waals surface area contributed by atoms with Crippen LogP contribution < -0.4 is 5.32 Å². The third-order valence-electron chi connectivity index (χ3n) is 16.4. The molecule has 12 unspecified atom stereocenters. The fraction of sp³-hybridized carbons (Fsp3) is 0.538. The first-order valence-electron chi connectivity index (χ1n) is 22.5. The maximum absolute atomic E-state index is 6.97. The largest absolute Gasteiger partial charge is 0.486 e. The van der Waals surface area contributed by atoms with Gasteiger partial charge in [0.2, 0.25) is 0 Å². The quantitative estimate of drug-likeness (QED) is 0.286. The van der Waals surface area contributed by atoms with Crippen molar-refractivity contribution < 1.29 is 4.74 Å². The molecule has 0 aromatic carbocycles. The van der Waals surface area contributed by atoms with Gasteiger partial charge in [0, 0.05) is 41.2 Å². The van der Waals surface area contributed by atoms with Crippen molar-refractivity contribution in [1.29, 1.82) is 0 Å². The predicted molar refractivity (Wildman–Crippen MR) is 222 cm³/mol. The molecule has 280 valence electrons. The Balaban J connectivity index is 0.985. The summed E-state index contributed by atoms with van der Waals surface area (Å²) in [5, 5.41) is 4.60. The second-order valence-electron chi connectivity index (χ2n) is 18.8. The molecular formula is C52H61NO. The highest BCUT2D eigenvalue weighted by Crippen LogP contribution is 2.70. The van der Waals surface area contributed by atoms with Crippen molar-refractivity contribution in [3.05, 3.63) is 142 Å². The van der Waals surface area contributed by atoms with Gasteiger partial charge in [0.1, 0.15) is 11.9 Å². The maximum Gasteiger partial charge on any atom is 0.125 e. The van der Waals surface area contributed by atoms with Gasteiger partial charge >= 0.3 is 0 Å². The molecule has 0 radical (unpaired) electrons. The van der Waals surface area contributed by atoms with Crippen LogP contribution in [0.2, 0.25) is 0 Å². The third-order valence-corrected chi connectivity index (χ3v) is 16.4. The van der Waals surface area contributed by atoms with Gasteiger partial charge in [0.05, 0.1) is 0 Å². The smallest absolute Gasteiger partial charge is 0.125 e. The average Bonchev–Trinajstić information content (AvgIpc) is 3.53. The van der Waals surface area contributed by atoms with Gasteiger partial charge in [-0.25, -0.2) is 0 Å². The van der Waals surface area contributed by atoms with Gasteiger partial charge in [-0.2, -0.15) is 0 Å². The summed E-state index contributed by atoms with van der Waals surface area (Å²) >= 11 is 0. The van der Waals surface area contributed by atoms with E-state index < -0.39 is 0 Å². The number of fused-ring (bicyclic) bond motifs is 10. The van der Waals surface area contributed by atoms with E-state index in [4.69, 9.17) is 4.74 Å². The van der Waals surface area contributed by atoms with E-state index in [1.165, 1.54) is 95.7 Å². The lowest BCUT2D eigenvalue weighted by Crippen LogP contribution is -2.53. The highest BCUT2D eigenvalue weighted by atomic mass is 16.5. The normalized spacial score (nSPS) is 41.9. The van der Waals surface area contributed by atoms with Crippen molar-refractivity contribution in [1.82, 2.24) is 5.32 Å². The van der Waals surface area contributed by atoms with Crippen molar-refractivity contribution in [3.63, 3.8) is 0 Å². The van der Waals surface area contributed by atoms with Gasteiger partial charge in [-0.05, 0) is 149 Å². The van der Waals surface area contributed by atoms with E-state index in [2.05, 4.69) is 109 Å². The maximum atomic E-state index is 6.97. The summed E-state index contributed by atoms with van der Waals surface area (Å²) in [6, 6.07) is 0.877. The Morgan fingerprint density at radius 1 is 0.722 bits per heavy atom. The summed E-state index contributed by atoms with van der Waals surface area (Å²) in [6.07, 6.45) is 62.8. The van der Waals surface area contributed by atoms with Crippen LogP contribution in [-0.2, 0) is 4.74 Å². The minimum Gasteiger partial charge on any atom is -0.486 e. The van der Waals surface area contributed by atoms with Gasteiger partial charge in [0.15, 0.2) is 0 Å². The summed E-state index contributed by atoms with van der Waals surface area (Å²) in [4.78, 5) is 0. The molecule has 1 saturated carbocycles. The van der Waals surface area contributed by atoms with Crippen molar-refractivity contribution in [3.8, 4) is 0 Å². The highest BCUT2D eigenvalue weighted by molar-refractivity contribution is 5.58. The first kappa shape index (κ1) is 33.9. The standard InChI is InChI=1S/C52H61NO/c1-2-13-34(14-3-1)35-25-27-38(28-26-35)51(44-20-12-17-36-15-4-6-18-40(36)44)53-39-30-32-42-43-31-29-37-16-5-7-19-41(37)50(43)52(47(42)33-39)45-21-8-10-23-48(45)54-49-24-11-9-22-46(49)52/h1-3,7-8,10-11,13,19,21,23-25,29-32,34,36-39,41-42,45,47-48,51,53H,4-6,9,12,14-18,20,22,26-28,33H2. The van der Waals surface area contributed by atoms with Crippen LogP contribution in [0.15, 0.2) is 142 Å². The minimum atomic E-state index is -0.00848. The fourth-order valence-corrected chi connectivity index (χ4v) is 14.1. The van der Waals surface area contributed by atoms with E-state index in [0.29, 0.717) is 53.5 Å². The number of hydrogen-bond donors (Lipinski definition) is 1. The van der Waals surface area contributed by atoms with Crippen LogP contribution in [0.25, 0.3) is 0 Å². The molecule has 0 bridgehead atoms. The number of ether oxygens (including phenoxy) is 1. The first-order valence-corrected chi connectivity index (χ1v) is 22.5. The molecule has 0 saturated heterocycles. The third kappa shape index (κ3) is 5.43. The van der Waals surface area contributed by atoms with Gasteiger partial charge < -0.3 is 10.1 Å². The zero-order valence-electron chi connectivity index (χ0n) is 32.4. The fourth-order valence-electron chi connectivity index (χ4n) is 14.1. The molecule has 1 heterocycles. The van der Waals surface area contributed by atoms with E-state index >= 15 is 0 Å². The molecule has 1 spiro atoms. The first-order chi connectivity index (χ1) is 26.8. The predicted octanol–water partition coefficient (Wildman–Crippen LogP) is 12.2. The molecule has 12 atom stereocenters. The summed E-state index contributed by atoms with van der Waals surface area (Å²) in [7, 11) is 0. The number of hydrogen-bond acceptors (Lipinski definition) is 2. The van der Waals surface area contributed by atoms with Gasteiger partial charge in [-0.1, -0.05) is 114 Å². The topological polar surface area (TPSA) is 21.3 Å². The zero-order valence-corrected chi connectivity index (χ0v) is 32.4. The van der Waals surface area contributed by atoms with Crippen LogP contribution in [-0.4, -0.2) is 18.2 Å². The molecule has 1 N–H and O–H groups in total. The van der Waals surface area contributed by atoms with Crippen LogP contribution in [0.3, 0.4) is 0 Å². The minimum absolute atomic E-state index is 0.00848. The molecule has 11 rings (SSSR count). The van der Waals surface area contributed by atoms with Crippen molar-refractivity contribution in [2.45, 2.75) is 121 Å². The molecule has 0 aromatic heterocycles. The van der Waals surface area contributed by atoms with Crippen LogP contribution in [0.5, 0.6) is 0 Å². The van der Waals surface area contributed by atoms with E-state index in [1.807, 2.05) is 11.1 Å². The van der Waals surface area contributed by atoms with E-state index in [-0.39, 0.29) is 11.5 Å². The Hall–Kier alpha value is -3.36. The van der Waals surface area contributed by atoms with Crippen LogP contribution in [0, 0.1) is 52.8 Å². The molecule has 1 aliphatic heterocycles. The Morgan fingerprint density at radius 2 is 1.67 bits per heavy atom. The molecule has 1 fully saturated rings. The van der Waals surface area contributed by atoms with Crippen LogP contribution in [0.1, 0.15) is 103 Å². The van der Waals surface area contributed by atoms with Crippen molar-refractivity contribution in [2.75, 3.05) is 0 Å². The van der Waals surface area contributed by atoms with E-state index in [1.54, 1.807) is 22.3 Å². The number of allylic oxidation sites excluding steroid dienone is 19. The molecular weight excluding hydrogens is 655 g/mol. The second-order valence-corrected chi connectivity index (χ2v) is 18.8. The molecule has 2 heteroatoms. The lowest BCUT2D eigenvalue weighted by atomic mass is 9.51. The molecule has 54 heavy (non-hydrogen) atoms. The van der Waals surface area contributed by atoms with E-state index in [9.17, 15) is 0 Å². The number of nitrogens with one attached hydrogen (secondary N) is 1. The van der Waals surface area contributed by atoms with Crippen LogP contribution >= 0.6 is 0 Å². The zero-order chi connectivity index (χ0) is 35.6. The summed E-state index contributed by atoms with van der Waals surface area (Å²) < 4.78 is 6.97. The molecule has 2 nitrogen and oxygen atoms in total. The summed E-state index contributed by atoms with van der Waals surface area (Å²) in [5.41, 5.74) is 10.5. The Morgan fingerprint density at radius 3 is 2.59 bits per heavy atom. The SMILES string of the molecule is C1=CCC(C2=CCC(C(NC3C=CC4C5=C(C6C=CCCC6C=C5)C5(C6=C(C=CCC6)OC6C=CC=CC65)C4C3)C3=C4CCCCC4CCC3)CC2)C=C1. The summed E-state index contributed by atoms with van der Waals surface area (Å²) in [6.45, 7) is 0. The van der Waals surface area contributed by atoms with Gasteiger partial charge in [0.25, 0.3) is 0 Å². The molecule has 0 amide bonds. The van der Waals surface area contributed by atoms with Gasteiger partial charge in [-0.3, -0.25) is 0 Å². The lowest BCUT2D eigenvalue weighted by molar-refractivity contribution is 0.00815. The van der Waals surface area contributed by atoms with Crippen molar-refractivity contribution >= 4 is 0 Å². The van der Waals surface area contributed by atoms with E-state index in [0.717, 1.165) is 18.8 Å². The average molecular weight is 716 g/mol. The van der Waals surface area contributed by atoms with Crippen molar-refractivity contribution in [2.24, 2.45) is 52.8 Å². The summed E-state index contributed by atoms with van der Waals surface area (Å²) in [5.74, 6) is 5.81. The van der Waals surface area contributed by atoms with Gasteiger partial charge in [-0.15, -0.1) is 0 Å². The highest BCUT2D eigenvalue weighted by Gasteiger charge is 2.64. The van der Waals surface area contributed by atoms with Crippen LogP contribution in [0.4, 0.5) is 0 Å².